The minimum absolute atomic E-state index is 0.540. The summed E-state index contributed by atoms with van der Waals surface area (Å²) in [5.74, 6) is 0. The summed E-state index contributed by atoms with van der Waals surface area (Å²) >= 11 is 7.55. The Morgan fingerprint density at radius 2 is 2.29 bits per heavy atom. The fourth-order valence-corrected chi connectivity index (χ4v) is 3.49. The predicted molar refractivity (Wildman–Crippen MR) is 68.7 cm³/mol. The first-order valence-electron chi connectivity index (χ1n) is 5.82. The van der Waals surface area contributed by atoms with Crippen LogP contribution in [0.4, 0.5) is 0 Å². The Hall–Kier alpha value is -0.130. The molecule has 3 nitrogen and oxygen atoms in total. The number of aliphatic hydroxyl groups is 1. The van der Waals surface area contributed by atoms with Crippen LogP contribution in [0.15, 0.2) is 11.4 Å². The standard InChI is InChI=1S/C12H17ClO3S/c1-2-16-12(4-6-15-7-5-12)11(14)10-9(13)3-8-17-10/h3,8,11,14H,2,4-7H2,1H3. The summed E-state index contributed by atoms with van der Waals surface area (Å²) in [6.45, 7) is 3.78. The zero-order valence-electron chi connectivity index (χ0n) is 9.82. The van der Waals surface area contributed by atoms with Gasteiger partial charge in [0, 0.05) is 32.7 Å². The van der Waals surface area contributed by atoms with E-state index in [1.54, 1.807) is 0 Å². The lowest BCUT2D eigenvalue weighted by Crippen LogP contribution is -2.44. The van der Waals surface area contributed by atoms with E-state index in [1.165, 1.54) is 11.3 Å². The largest absolute Gasteiger partial charge is 0.384 e. The Labute approximate surface area is 110 Å². The number of thiophene rings is 1. The Balaban J connectivity index is 2.23. The molecule has 17 heavy (non-hydrogen) atoms. The predicted octanol–water partition coefficient (Wildman–Crippen LogP) is 3.02. The van der Waals surface area contributed by atoms with E-state index in [9.17, 15) is 5.11 Å². The Bertz CT molecular complexity index is 355. The molecular weight excluding hydrogens is 260 g/mol. The molecule has 0 bridgehead atoms. The van der Waals surface area contributed by atoms with Gasteiger partial charge in [0.2, 0.25) is 0 Å². The van der Waals surface area contributed by atoms with Gasteiger partial charge in [0.1, 0.15) is 11.7 Å². The molecule has 96 valence electrons. The highest BCUT2D eigenvalue weighted by Crippen LogP contribution is 2.42. The van der Waals surface area contributed by atoms with Crippen LogP contribution in [0.2, 0.25) is 5.02 Å². The van der Waals surface area contributed by atoms with Gasteiger partial charge in [-0.1, -0.05) is 11.6 Å². The molecule has 5 heteroatoms. The minimum Gasteiger partial charge on any atom is -0.384 e. The maximum atomic E-state index is 10.5. The zero-order valence-corrected chi connectivity index (χ0v) is 11.4. The first-order valence-corrected chi connectivity index (χ1v) is 7.08. The van der Waals surface area contributed by atoms with Crippen LogP contribution in [-0.2, 0) is 9.47 Å². The van der Waals surface area contributed by atoms with E-state index in [-0.39, 0.29) is 0 Å². The fourth-order valence-electron chi connectivity index (χ4n) is 2.24. The van der Waals surface area contributed by atoms with Crippen LogP contribution in [0, 0.1) is 0 Å². The minimum atomic E-state index is -0.668. The number of hydrogen-bond acceptors (Lipinski definition) is 4. The second kappa shape index (κ2) is 5.67. The van der Waals surface area contributed by atoms with Crippen molar-refractivity contribution in [3.8, 4) is 0 Å². The summed E-state index contributed by atoms with van der Waals surface area (Å²) in [6.07, 6.45) is 0.741. The molecule has 0 spiro atoms. The SMILES string of the molecule is CCOC1(C(O)c2sccc2Cl)CCOCC1. The topological polar surface area (TPSA) is 38.7 Å². The highest BCUT2D eigenvalue weighted by atomic mass is 35.5. The molecule has 1 fully saturated rings. The van der Waals surface area contributed by atoms with Gasteiger partial charge in [0.25, 0.3) is 0 Å². The highest BCUT2D eigenvalue weighted by Gasteiger charge is 2.42. The van der Waals surface area contributed by atoms with Crippen molar-refractivity contribution >= 4 is 22.9 Å². The van der Waals surface area contributed by atoms with E-state index in [2.05, 4.69) is 0 Å². The van der Waals surface area contributed by atoms with E-state index < -0.39 is 11.7 Å². The molecule has 1 aromatic heterocycles. The van der Waals surface area contributed by atoms with Crippen molar-refractivity contribution in [2.24, 2.45) is 0 Å². The molecule has 2 rings (SSSR count). The molecule has 1 aromatic rings. The summed E-state index contributed by atoms with van der Waals surface area (Å²) in [5.41, 5.74) is -0.540. The normalized spacial score (nSPS) is 21.4. The number of hydrogen-bond donors (Lipinski definition) is 1. The molecule has 0 aliphatic carbocycles. The van der Waals surface area contributed by atoms with Gasteiger partial charge in [-0.25, -0.2) is 0 Å². The quantitative estimate of drug-likeness (QED) is 0.919. The van der Waals surface area contributed by atoms with E-state index in [0.29, 0.717) is 37.7 Å². The van der Waals surface area contributed by atoms with Crippen molar-refractivity contribution in [3.05, 3.63) is 21.3 Å². The summed E-state index contributed by atoms with van der Waals surface area (Å²) in [5, 5.41) is 13.0. The van der Waals surface area contributed by atoms with Gasteiger partial charge >= 0.3 is 0 Å². The Kier molecular flexibility index (Phi) is 4.44. The molecule has 1 saturated heterocycles. The summed E-state index contributed by atoms with van der Waals surface area (Å²) in [6, 6.07) is 1.81. The van der Waals surface area contributed by atoms with Gasteiger partial charge in [0.05, 0.1) is 9.90 Å². The van der Waals surface area contributed by atoms with E-state index >= 15 is 0 Å². The summed E-state index contributed by atoms with van der Waals surface area (Å²) < 4.78 is 11.2. The van der Waals surface area contributed by atoms with E-state index in [1.807, 2.05) is 18.4 Å². The van der Waals surface area contributed by atoms with Gasteiger partial charge in [0.15, 0.2) is 0 Å². The molecule has 1 aliphatic heterocycles. The average molecular weight is 277 g/mol. The van der Waals surface area contributed by atoms with Crippen LogP contribution < -0.4 is 0 Å². The van der Waals surface area contributed by atoms with E-state index in [4.69, 9.17) is 21.1 Å². The first-order chi connectivity index (χ1) is 8.19. The van der Waals surface area contributed by atoms with E-state index in [0.717, 1.165) is 4.88 Å². The highest BCUT2D eigenvalue weighted by molar-refractivity contribution is 7.10. The van der Waals surface area contributed by atoms with Crippen LogP contribution >= 0.6 is 22.9 Å². The molecule has 2 heterocycles. The third-order valence-corrected chi connectivity index (χ3v) is 4.57. The number of aliphatic hydroxyl groups excluding tert-OH is 1. The lowest BCUT2D eigenvalue weighted by atomic mass is 9.87. The van der Waals surface area contributed by atoms with Crippen LogP contribution in [0.25, 0.3) is 0 Å². The maximum absolute atomic E-state index is 10.5. The molecule has 0 aromatic carbocycles. The monoisotopic (exact) mass is 276 g/mol. The molecule has 0 saturated carbocycles. The number of halogens is 1. The average Bonchev–Trinajstić information content (AvgIpc) is 2.76. The maximum Gasteiger partial charge on any atom is 0.119 e. The molecule has 1 N–H and O–H groups in total. The molecule has 1 atom stereocenters. The first kappa shape index (κ1) is 13.3. The summed E-state index contributed by atoms with van der Waals surface area (Å²) in [4.78, 5) is 0.794. The molecule has 1 aliphatic rings. The lowest BCUT2D eigenvalue weighted by Gasteiger charge is -2.40. The van der Waals surface area contributed by atoms with Crippen molar-refractivity contribution in [3.63, 3.8) is 0 Å². The Morgan fingerprint density at radius 3 is 2.82 bits per heavy atom. The van der Waals surface area contributed by atoms with Gasteiger partial charge in [-0.05, 0) is 18.4 Å². The molecule has 0 amide bonds. The Morgan fingerprint density at radius 1 is 1.59 bits per heavy atom. The van der Waals surface area contributed by atoms with Crippen LogP contribution in [0.5, 0.6) is 0 Å². The molecule has 1 unspecified atom stereocenters. The molecule has 0 radical (unpaired) electrons. The second-order valence-corrected chi connectivity index (χ2v) is 5.50. The van der Waals surface area contributed by atoms with Crippen molar-refractivity contribution in [2.45, 2.75) is 31.5 Å². The number of rotatable bonds is 4. The van der Waals surface area contributed by atoms with Crippen molar-refractivity contribution < 1.29 is 14.6 Å². The second-order valence-electron chi connectivity index (χ2n) is 4.15. The van der Waals surface area contributed by atoms with Crippen LogP contribution in [0.1, 0.15) is 30.7 Å². The fraction of sp³-hybridized carbons (Fsp3) is 0.667. The van der Waals surface area contributed by atoms with Crippen molar-refractivity contribution in [1.29, 1.82) is 0 Å². The van der Waals surface area contributed by atoms with Gasteiger partial charge in [-0.3, -0.25) is 0 Å². The van der Waals surface area contributed by atoms with Gasteiger partial charge in [-0.15, -0.1) is 11.3 Å². The van der Waals surface area contributed by atoms with Crippen molar-refractivity contribution in [1.82, 2.24) is 0 Å². The molecular formula is C12H17ClO3S. The van der Waals surface area contributed by atoms with Crippen molar-refractivity contribution in [2.75, 3.05) is 19.8 Å². The van der Waals surface area contributed by atoms with Crippen LogP contribution in [0.3, 0.4) is 0 Å². The zero-order chi connectivity index (χ0) is 12.3. The third-order valence-electron chi connectivity index (χ3n) is 3.16. The number of ether oxygens (including phenoxy) is 2. The third kappa shape index (κ3) is 2.66. The van der Waals surface area contributed by atoms with Crippen LogP contribution in [-0.4, -0.2) is 30.5 Å². The lowest BCUT2D eigenvalue weighted by molar-refractivity contribution is -0.167. The van der Waals surface area contributed by atoms with Gasteiger partial charge in [-0.2, -0.15) is 0 Å². The smallest absolute Gasteiger partial charge is 0.119 e. The summed E-state index contributed by atoms with van der Waals surface area (Å²) in [7, 11) is 0. The van der Waals surface area contributed by atoms with Gasteiger partial charge < -0.3 is 14.6 Å².